The first kappa shape index (κ1) is 15.2. The number of carbonyl (C=O) groups is 1. The summed E-state index contributed by atoms with van der Waals surface area (Å²) in [4.78, 5) is 12.2. The molecule has 0 aliphatic carbocycles. The van der Waals surface area contributed by atoms with Crippen LogP contribution in [0.4, 0.5) is 5.69 Å². The molecular formula is C10H8Cl5NO. The first-order valence-corrected chi connectivity index (χ1v) is 6.48. The highest BCUT2D eigenvalue weighted by Crippen LogP contribution is 2.36. The average molecular weight is 335 g/mol. The Morgan fingerprint density at radius 3 is 2.41 bits per heavy atom. The van der Waals surface area contributed by atoms with Crippen LogP contribution in [0, 0.1) is 0 Å². The van der Waals surface area contributed by atoms with Crippen LogP contribution in [0.5, 0.6) is 0 Å². The van der Waals surface area contributed by atoms with Gasteiger partial charge in [-0.1, -0.05) is 52.5 Å². The van der Waals surface area contributed by atoms with Crippen LogP contribution in [0.25, 0.3) is 0 Å². The molecule has 0 atom stereocenters. The molecule has 7 heteroatoms. The number of hydrogen-bond acceptors (Lipinski definition) is 2. The van der Waals surface area contributed by atoms with Crippen molar-refractivity contribution in [2.75, 3.05) is 11.4 Å². The zero-order chi connectivity index (χ0) is 13.1. The Hall–Kier alpha value is 0.140. The fourth-order valence-corrected chi connectivity index (χ4v) is 2.06. The molecule has 0 N–H and O–H groups in total. The van der Waals surface area contributed by atoms with Gasteiger partial charge in [-0.3, -0.25) is 4.79 Å². The Morgan fingerprint density at radius 2 is 1.94 bits per heavy atom. The minimum atomic E-state index is -1.67. The van der Waals surface area contributed by atoms with Crippen LogP contribution in [0.1, 0.15) is 6.42 Å². The molecule has 0 radical (unpaired) electrons. The minimum Gasteiger partial charge on any atom is -0.327 e. The number of carbonyl (C=O) groups excluding carboxylic acids is 1. The average Bonchev–Trinajstić information content (AvgIpc) is 2.15. The Kier molecular flexibility index (Phi) is 5.68. The van der Waals surface area contributed by atoms with E-state index < -0.39 is 9.16 Å². The molecule has 1 aromatic carbocycles. The van der Waals surface area contributed by atoms with Gasteiger partial charge in [0, 0.05) is 23.7 Å². The number of anilines is 1. The molecule has 0 aliphatic heterocycles. The van der Waals surface area contributed by atoms with Crippen molar-refractivity contribution in [3.63, 3.8) is 0 Å². The van der Waals surface area contributed by atoms with E-state index in [-0.39, 0.29) is 13.0 Å². The Morgan fingerprint density at radius 1 is 1.29 bits per heavy atom. The van der Waals surface area contributed by atoms with E-state index >= 15 is 0 Å². The van der Waals surface area contributed by atoms with Crippen LogP contribution in [-0.2, 0) is 4.79 Å². The van der Waals surface area contributed by atoms with Crippen LogP contribution < -0.4 is 4.90 Å². The Labute approximate surface area is 124 Å². The maximum absolute atomic E-state index is 10.8. The molecule has 0 aromatic heterocycles. The van der Waals surface area contributed by atoms with Gasteiger partial charge in [0.15, 0.2) is 0 Å². The zero-order valence-electron chi connectivity index (χ0n) is 8.47. The van der Waals surface area contributed by atoms with Gasteiger partial charge in [-0.25, -0.2) is 0 Å². The van der Waals surface area contributed by atoms with Gasteiger partial charge in [0.05, 0.1) is 0 Å². The molecule has 0 amide bonds. The highest BCUT2D eigenvalue weighted by Gasteiger charge is 2.30. The normalized spacial score (nSPS) is 11.4. The molecule has 0 aliphatic rings. The summed E-state index contributed by atoms with van der Waals surface area (Å²) in [7, 11) is 0. The quantitative estimate of drug-likeness (QED) is 0.454. The standard InChI is InChI=1S/C10H8Cl5NO/c11-7-2-1-3-8(6-7)16(10(13,14)15)5-4-9(12)17/h1-3,6H,4-5H2. The third-order valence-corrected chi connectivity index (χ3v) is 2.99. The van der Waals surface area contributed by atoms with Crippen molar-refractivity contribution in [3.05, 3.63) is 29.3 Å². The molecule has 17 heavy (non-hydrogen) atoms. The molecule has 0 saturated heterocycles. The molecule has 94 valence electrons. The lowest BCUT2D eigenvalue weighted by Gasteiger charge is -2.31. The topological polar surface area (TPSA) is 20.3 Å². The lowest BCUT2D eigenvalue weighted by atomic mass is 10.3. The maximum atomic E-state index is 10.8. The number of alkyl halides is 3. The van der Waals surface area contributed by atoms with Crippen molar-refractivity contribution in [2.24, 2.45) is 0 Å². The molecular weight excluding hydrogens is 327 g/mol. The molecule has 0 unspecified atom stereocenters. The second-order valence-corrected chi connectivity index (χ2v) is 6.28. The van der Waals surface area contributed by atoms with E-state index in [9.17, 15) is 4.79 Å². The summed E-state index contributed by atoms with van der Waals surface area (Å²) in [5.74, 6) is 0. The number of rotatable bonds is 4. The van der Waals surface area contributed by atoms with E-state index in [1.54, 1.807) is 24.3 Å². The van der Waals surface area contributed by atoms with E-state index in [2.05, 4.69) is 0 Å². The number of hydrogen-bond donors (Lipinski definition) is 0. The predicted octanol–water partition coefficient (Wildman–Crippen LogP) is 4.63. The van der Waals surface area contributed by atoms with Gasteiger partial charge in [-0.2, -0.15) is 0 Å². The van der Waals surface area contributed by atoms with E-state index in [4.69, 9.17) is 58.0 Å². The summed E-state index contributed by atoms with van der Waals surface area (Å²) in [6.45, 7) is 0.194. The third kappa shape index (κ3) is 5.11. The second-order valence-electron chi connectivity index (χ2n) is 3.20. The Balaban J connectivity index is 2.94. The van der Waals surface area contributed by atoms with E-state index in [1.165, 1.54) is 4.90 Å². The summed E-state index contributed by atoms with van der Waals surface area (Å²) in [5, 5.41) is 0.0187. The zero-order valence-corrected chi connectivity index (χ0v) is 12.2. The summed E-state index contributed by atoms with van der Waals surface area (Å²) >= 11 is 28.6. The van der Waals surface area contributed by atoms with Gasteiger partial charge in [0.25, 0.3) is 3.92 Å². The number of nitrogens with zero attached hydrogens (tertiary/aromatic N) is 1. The van der Waals surface area contributed by atoms with E-state index in [0.717, 1.165) is 0 Å². The van der Waals surface area contributed by atoms with Gasteiger partial charge >= 0.3 is 0 Å². The van der Waals surface area contributed by atoms with Gasteiger partial charge < -0.3 is 4.90 Å². The van der Waals surface area contributed by atoms with Crippen LogP contribution in [0.2, 0.25) is 5.02 Å². The van der Waals surface area contributed by atoms with Crippen molar-refractivity contribution in [1.29, 1.82) is 0 Å². The third-order valence-electron chi connectivity index (χ3n) is 1.96. The van der Waals surface area contributed by atoms with Gasteiger partial charge in [-0.05, 0) is 29.8 Å². The minimum absolute atomic E-state index is 0.0714. The molecule has 1 aromatic rings. The molecule has 0 bridgehead atoms. The van der Waals surface area contributed by atoms with Crippen molar-refractivity contribution >= 4 is 68.9 Å². The van der Waals surface area contributed by atoms with Crippen LogP contribution in [0.3, 0.4) is 0 Å². The first-order valence-electron chi connectivity index (χ1n) is 4.59. The molecule has 0 heterocycles. The number of halogens is 5. The van der Waals surface area contributed by atoms with Crippen LogP contribution >= 0.6 is 58.0 Å². The van der Waals surface area contributed by atoms with Crippen LogP contribution in [-0.4, -0.2) is 15.7 Å². The molecule has 2 nitrogen and oxygen atoms in total. The first-order chi connectivity index (χ1) is 7.80. The summed E-state index contributed by atoms with van der Waals surface area (Å²) in [6.07, 6.45) is 0.0714. The SMILES string of the molecule is O=C(Cl)CCN(c1cccc(Cl)c1)C(Cl)(Cl)Cl. The maximum Gasteiger partial charge on any atom is 0.268 e. The molecule has 0 fully saturated rings. The highest BCUT2D eigenvalue weighted by molar-refractivity contribution is 6.68. The van der Waals surface area contributed by atoms with Crippen molar-refractivity contribution in [1.82, 2.24) is 0 Å². The van der Waals surface area contributed by atoms with Gasteiger partial charge in [-0.15, -0.1) is 0 Å². The summed E-state index contributed by atoms with van der Waals surface area (Å²) in [5.41, 5.74) is 0.607. The monoisotopic (exact) mass is 333 g/mol. The van der Waals surface area contributed by atoms with Gasteiger partial charge in [0.2, 0.25) is 5.24 Å². The van der Waals surface area contributed by atoms with Crippen LogP contribution in [0.15, 0.2) is 24.3 Å². The molecule has 1 rings (SSSR count). The predicted molar refractivity (Wildman–Crippen MR) is 74.6 cm³/mol. The summed E-state index contributed by atoms with van der Waals surface area (Å²) < 4.78 is -1.67. The van der Waals surface area contributed by atoms with E-state index in [0.29, 0.717) is 10.7 Å². The largest absolute Gasteiger partial charge is 0.327 e. The molecule has 0 spiro atoms. The molecule has 0 saturated carbocycles. The number of benzene rings is 1. The lowest BCUT2D eigenvalue weighted by Crippen LogP contribution is -2.36. The second kappa shape index (κ2) is 6.35. The fourth-order valence-electron chi connectivity index (χ4n) is 1.25. The van der Waals surface area contributed by atoms with Crippen molar-refractivity contribution in [2.45, 2.75) is 10.3 Å². The van der Waals surface area contributed by atoms with E-state index in [1.807, 2.05) is 0 Å². The fraction of sp³-hybridized carbons (Fsp3) is 0.300. The summed E-state index contributed by atoms with van der Waals surface area (Å²) in [6, 6.07) is 6.80. The highest BCUT2D eigenvalue weighted by atomic mass is 35.6. The smallest absolute Gasteiger partial charge is 0.268 e. The Bertz CT molecular complexity index is 404. The lowest BCUT2D eigenvalue weighted by molar-refractivity contribution is -0.111. The van der Waals surface area contributed by atoms with Crippen molar-refractivity contribution < 1.29 is 4.79 Å². The van der Waals surface area contributed by atoms with Crippen molar-refractivity contribution in [3.8, 4) is 0 Å². The van der Waals surface area contributed by atoms with Gasteiger partial charge in [0.1, 0.15) is 0 Å².